The Kier molecular flexibility index (Phi) is 5.44. The predicted octanol–water partition coefficient (Wildman–Crippen LogP) is 2.91. The molecule has 0 unspecified atom stereocenters. The molecule has 2 aliphatic carbocycles. The van der Waals surface area contributed by atoms with Gasteiger partial charge in [-0.25, -0.2) is 0 Å². The van der Waals surface area contributed by atoms with E-state index < -0.39 is 0 Å². The molecule has 1 heterocycles. The number of hydrogen-bond donors (Lipinski definition) is 1. The smallest absolute Gasteiger partial charge is 0.00388 e. The summed E-state index contributed by atoms with van der Waals surface area (Å²) in [5, 5.41) is 0. The Balaban J connectivity index is 0.000000202. The SMILES string of the molecule is Cn1ccn(C2CCCCC2)[c]1=[Pt].NC1CCC1. The minimum atomic E-state index is 0.565. The normalized spacial score (nSPS) is 21.1. The molecule has 106 valence electrons. The van der Waals surface area contributed by atoms with Gasteiger partial charge in [-0.3, -0.25) is 0 Å². The Hall–Kier alpha value is -0.142. The van der Waals surface area contributed by atoms with Crippen molar-refractivity contribution in [2.24, 2.45) is 12.8 Å². The van der Waals surface area contributed by atoms with Crippen molar-refractivity contribution in [3.05, 3.63) is 16.2 Å². The fourth-order valence-corrected chi connectivity index (χ4v) is 3.28. The molecule has 0 saturated heterocycles. The van der Waals surface area contributed by atoms with Gasteiger partial charge in [-0.15, -0.1) is 0 Å². The molecule has 4 heteroatoms. The minimum absolute atomic E-state index is 0.565. The molecule has 3 rings (SSSR count). The number of imidazole rings is 1. The molecule has 0 bridgehead atoms. The molecule has 3 nitrogen and oxygen atoms in total. The van der Waals surface area contributed by atoms with Gasteiger partial charge >= 0.3 is 89.9 Å². The zero-order valence-corrected chi connectivity index (χ0v) is 13.5. The van der Waals surface area contributed by atoms with Crippen LogP contribution < -0.4 is 5.73 Å². The van der Waals surface area contributed by atoms with E-state index in [0.29, 0.717) is 6.04 Å². The van der Waals surface area contributed by atoms with Crippen LogP contribution in [-0.2, 0) is 26.4 Å². The zero-order valence-electron chi connectivity index (χ0n) is 11.3. The van der Waals surface area contributed by atoms with Crippen molar-refractivity contribution in [2.75, 3.05) is 0 Å². The van der Waals surface area contributed by atoms with Crippen molar-refractivity contribution < 1.29 is 19.4 Å². The average Bonchev–Trinajstić information content (AvgIpc) is 2.69. The van der Waals surface area contributed by atoms with Crippen LogP contribution in [0.4, 0.5) is 0 Å². The van der Waals surface area contributed by atoms with E-state index in [4.69, 9.17) is 5.73 Å². The monoisotopic (exact) mass is 430 g/mol. The van der Waals surface area contributed by atoms with Gasteiger partial charge in [0.1, 0.15) is 0 Å². The molecule has 0 amide bonds. The third-order valence-electron chi connectivity index (χ3n) is 4.04. The zero-order chi connectivity index (χ0) is 13.0. The van der Waals surface area contributed by atoms with E-state index in [1.165, 1.54) is 55.2 Å². The number of hydrogen-bond acceptors (Lipinski definition) is 1. The van der Waals surface area contributed by atoms with Crippen LogP contribution in [0.1, 0.15) is 57.4 Å². The molecular formula is C14H25N3Pt. The van der Waals surface area contributed by atoms with Crippen LogP contribution in [-0.4, -0.2) is 15.2 Å². The second-order valence-electron chi connectivity index (χ2n) is 5.54. The average molecular weight is 430 g/mol. The second-order valence-corrected chi connectivity index (χ2v) is 6.56. The van der Waals surface area contributed by atoms with Crippen LogP contribution >= 0.6 is 0 Å². The molecule has 0 radical (unpaired) electrons. The van der Waals surface area contributed by atoms with Gasteiger partial charge in [0.2, 0.25) is 0 Å². The van der Waals surface area contributed by atoms with Gasteiger partial charge in [0.05, 0.1) is 0 Å². The van der Waals surface area contributed by atoms with Crippen molar-refractivity contribution in [3.8, 4) is 0 Å². The third kappa shape index (κ3) is 3.68. The van der Waals surface area contributed by atoms with Crippen molar-refractivity contribution in [1.82, 2.24) is 9.13 Å². The minimum Gasteiger partial charge on any atom is -0.328 e. The third-order valence-corrected chi connectivity index (χ3v) is 5.42. The summed E-state index contributed by atoms with van der Waals surface area (Å²) in [5.74, 6) is 0. The second kappa shape index (κ2) is 6.86. The molecule has 2 N–H and O–H groups in total. The van der Waals surface area contributed by atoms with Gasteiger partial charge in [0, 0.05) is 6.04 Å². The van der Waals surface area contributed by atoms with Crippen molar-refractivity contribution >= 4 is 0 Å². The number of nitrogens with two attached hydrogens (primary N) is 1. The van der Waals surface area contributed by atoms with Crippen LogP contribution in [0.25, 0.3) is 0 Å². The summed E-state index contributed by atoms with van der Waals surface area (Å²) in [6.45, 7) is 0. The van der Waals surface area contributed by atoms with Gasteiger partial charge in [-0.05, 0) is 12.8 Å². The number of rotatable bonds is 1. The van der Waals surface area contributed by atoms with Gasteiger partial charge in [-0.2, -0.15) is 0 Å². The van der Waals surface area contributed by atoms with E-state index in [-0.39, 0.29) is 0 Å². The fraction of sp³-hybridized carbons (Fsp3) is 0.786. The summed E-state index contributed by atoms with van der Waals surface area (Å²) in [4.78, 5) is 0. The maximum Gasteiger partial charge on any atom is 0.00388 e. The summed E-state index contributed by atoms with van der Waals surface area (Å²) in [5.41, 5.74) is 5.38. The molecule has 2 fully saturated rings. The molecule has 1 aromatic rings. The van der Waals surface area contributed by atoms with Crippen LogP contribution in [0.2, 0.25) is 0 Å². The first-order valence-electron chi connectivity index (χ1n) is 7.13. The molecule has 1 aromatic heterocycles. The number of nitrogens with zero attached hydrogens (tertiary/aromatic N) is 2. The van der Waals surface area contributed by atoms with Gasteiger partial charge in [-0.1, -0.05) is 6.42 Å². The number of aromatic nitrogens is 2. The van der Waals surface area contributed by atoms with E-state index >= 15 is 0 Å². The Morgan fingerprint density at radius 2 is 1.67 bits per heavy atom. The Morgan fingerprint density at radius 1 is 1.06 bits per heavy atom. The van der Waals surface area contributed by atoms with E-state index in [9.17, 15) is 0 Å². The molecule has 0 aromatic carbocycles. The first-order valence-corrected chi connectivity index (χ1v) is 8.26. The van der Waals surface area contributed by atoms with E-state index in [2.05, 4.69) is 47.9 Å². The molecule has 0 spiro atoms. The summed E-state index contributed by atoms with van der Waals surface area (Å²) >= 11 is 2.41. The Morgan fingerprint density at radius 3 is 2.06 bits per heavy atom. The summed E-state index contributed by atoms with van der Waals surface area (Å²) < 4.78 is 5.98. The molecule has 2 saturated carbocycles. The van der Waals surface area contributed by atoms with Crippen molar-refractivity contribution in [1.29, 1.82) is 0 Å². The Bertz CT molecular complexity index is 411. The van der Waals surface area contributed by atoms with Gasteiger partial charge in [0.15, 0.2) is 0 Å². The molecule has 0 aliphatic heterocycles. The van der Waals surface area contributed by atoms with Crippen molar-refractivity contribution in [3.63, 3.8) is 0 Å². The Labute approximate surface area is 121 Å². The standard InChI is InChI=1S/C10H16N2.C4H9N.Pt/c1-11-7-8-12(9-11)10-5-3-2-4-6-10;5-4-2-1-3-4;/h7-8,10H,2-6H2,1H3;4H,1-3,5H2;. The van der Waals surface area contributed by atoms with Gasteiger partial charge in [0.25, 0.3) is 0 Å². The van der Waals surface area contributed by atoms with Crippen LogP contribution in [0.3, 0.4) is 0 Å². The first kappa shape index (κ1) is 14.3. The van der Waals surface area contributed by atoms with Crippen LogP contribution in [0.5, 0.6) is 0 Å². The van der Waals surface area contributed by atoms with Crippen molar-refractivity contribution in [2.45, 2.75) is 63.5 Å². The van der Waals surface area contributed by atoms with E-state index in [0.717, 1.165) is 6.04 Å². The molecule has 2 aliphatic rings. The van der Waals surface area contributed by atoms with E-state index in [1.54, 1.807) is 0 Å². The molecule has 18 heavy (non-hydrogen) atoms. The van der Waals surface area contributed by atoms with Gasteiger partial charge < -0.3 is 5.73 Å². The van der Waals surface area contributed by atoms with Crippen LogP contribution in [0.15, 0.2) is 12.4 Å². The fourth-order valence-electron chi connectivity index (χ4n) is 2.53. The molecule has 0 atom stereocenters. The topological polar surface area (TPSA) is 35.9 Å². The molecular weight excluding hydrogens is 405 g/mol. The quantitative estimate of drug-likeness (QED) is 0.731. The maximum absolute atomic E-state index is 5.38. The maximum atomic E-state index is 5.38. The number of aryl methyl sites for hydroxylation is 1. The first-order chi connectivity index (χ1) is 8.68. The summed E-state index contributed by atoms with van der Waals surface area (Å²) in [6.07, 6.45) is 15.2. The summed E-state index contributed by atoms with van der Waals surface area (Å²) in [6, 6.07) is 1.33. The summed E-state index contributed by atoms with van der Waals surface area (Å²) in [7, 11) is 2.11. The largest absolute Gasteiger partial charge is 0.328 e. The van der Waals surface area contributed by atoms with E-state index in [1.807, 2.05) is 0 Å². The van der Waals surface area contributed by atoms with Crippen LogP contribution in [0, 0.1) is 3.80 Å². The predicted molar refractivity (Wildman–Crippen MR) is 70.6 cm³/mol.